The van der Waals surface area contributed by atoms with E-state index >= 15 is 0 Å². The topological polar surface area (TPSA) is 174 Å². The van der Waals surface area contributed by atoms with E-state index < -0.39 is 11.7 Å². The molecule has 2 aliphatic carbocycles. The van der Waals surface area contributed by atoms with Gasteiger partial charge in [-0.3, -0.25) is 9.78 Å². The molecule has 2 saturated carbocycles. The van der Waals surface area contributed by atoms with Crippen LogP contribution in [-0.2, 0) is 4.79 Å². The van der Waals surface area contributed by atoms with Gasteiger partial charge in [0.1, 0.15) is 5.69 Å². The zero-order chi connectivity index (χ0) is 21.5. The number of aromatic hydroxyl groups is 1. The van der Waals surface area contributed by atoms with Crippen molar-refractivity contribution in [1.82, 2.24) is 29.5 Å². The van der Waals surface area contributed by atoms with E-state index in [4.69, 9.17) is 0 Å². The van der Waals surface area contributed by atoms with E-state index in [1.807, 2.05) is 0 Å². The summed E-state index contributed by atoms with van der Waals surface area (Å²) in [5.41, 5.74) is 0.623. The highest BCUT2D eigenvalue weighted by molar-refractivity contribution is 5.70. The third kappa shape index (κ3) is 4.00. The number of carboxylic acids is 1. The van der Waals surface area contributed by atoms with E-state index in [1.165, 1.54) is 0 Å². The predicted octanol–water partition coefficient (Wildman–Crippen LogP) is -0.488. The fourth-order valence-electron chi connectivity index (χ4n) is 3.81. The second-order valence-corrected chi connectivity index (χ2v) is 8.06. The van der Waals surface area contributed by atoms with Crippen LogP contribution in [0.5, 0.6) is 5.88 Å². The lowest BCUT2D eigenvalue weighted by molar-refractivity contribution is -0.142. The quantitative estimate of drug-likeness (QED) is 0.363. The summed E-state index contributed by atoms with van der Waals surface area (Å²) in [4.78, 5) is 41.2. The lowest BCUT2D eigenvalue weighted by Crippen LogP contribution is -2.32. The predicted molar refractivity (Wildman–Crippen MR) is 108 cm³/mol. The molecule has 0 unspecified atom stereocenters. The lowest BCUT2D eigenvalue weighted by atomic mass is 9.86. The first-order valence-electron chi connectivity index (χ1n) is 10.3. The van der Waals surface area contributed by atoms with Gasteiger partial charge < -0.3 is 20.5 Å². The molecule has 5 rings (SSSR count). The number of anilines is 1. The van der Waals surface area contributed by atoms with Crippen molar-refractivity contribution in [3.63, 3.8) is 0 Å². The van der Waals surface area contributed by atoms with Crippen LogP contribution in [0, 0.1) is 5.92 Å². The number of carboxylic acid groups (broad SMARTS) is 1. The highest BCUT2D eigenvalue weighted by atomic mass is 16.4. The molecule has 12 heteroatoms. The van der Waals surface area contributed by atoms with Gasteiger partial charge in [0.05, 0.1) is 18.2 Å². The number of carbonyl (C=O) groups is 1. The fraction of sp³-hybridized carbons (Fsp3) is 0.474. The summed E-state index contributed by atoms with van der Waals surface area (Å²) in [7, 11) is 0. The van der Waals surface area contributed by atoms with Crippen molar-refractivity contribution in [2.45, 2.75) is 50.6 Å². The van der Waals surface area contributed by atoms with Gasteiger partial charge in [-0.05, 0) is 44.6 Å². The standard InChI is InChI=1S/C19H22N8O4/c28-15-13(23-19(31)25-15)7-10-8-20-27-14(10)24-17(26-18(27)22-12-5-6-12)21-11-3-1-9(2-4-11)16(29)30/h7-9,11-12,28H,1-6H2,(H,29,30)(H,21,22,26)(H2,23,25,31). The van der Waals surface area contributed by atoms with Crippen LogP contribution in [0.3, 0.4) is 0 Å². The molecule has 162 valence electrons. The van der Waals surface area contributed by atoms with Crippen molar-refractivity contribution < 1.29 is 15.0 Å². The molecule has 0 aliphatic heterocycles. The summed E-state index contributed by atoms with van der Waals surface area (Å²) in [6.45, 7) is 0. The molecular weight excluding hydrogens is 404 g/mol. The van der Waals surface area contributed by atoms with Gasteiger partial charge >= 0.3 is 11.7 Å². The van der Waals surface area contributed by atoms with E-state index in [0.29, 0.717) is 35.3 Å². The van der Waals surface area contributed by atoms with E-state index in [9.17, 15) is 19.8 Å². The molecule has 0 radical (unpaired) electrons. The van der Waals surface area contributed by atoms with Crippen molar-refractivity contribution in [1.29, 1.82) is 0 Å². The van der Waals surface area contributed by atoms with E-state index in [2.05, 4.69) is 35.3 Å². The van der Waals surface area contributed by atoms with E-state index in [0.717, 1.165) is 25.7 Å². The number of aliphatic carboxylic acids is 1. The maximum absolute atomic E-state index is 11.4. The Balaban J connectivity index is 1.52. The number of H-pyrrole nitrogens is 2. The van der Waals surface area contributed by atoms with Crippen LogP contribution in [0.1, 0.15) is 44.2 Å². The summed E-state index contributed by atoms with van der Waals surface area (Å²) in [5, 5.41) is 27.3. The smallest absolute Gasteiger partial charge is 0.326 e. The summed E-state index contributed by atoms with van der Waals surface area (Å²) in [5.74, 6) is -0.913. The largest absolute Gasteiger partial charge is 0.493 e. The Kier molecular flexibility index (Phi) is 4.68. The Hall–Kier alpha value is -3.70. The second-order valence-electron chi connectivity index (χ2n) is 8.06. The molecule has 31 heavy (non-hydrogen) atoms. The van der Waals surface area contributed by atoms with Crippen molar-refractivity contribution in [3.8, 4) is 5.88 Å². The molecule has 12 nitrogen and oxygen atoms in total. The molecule has 3 aromatic heterocycles. The molecule has 0 spiro atoms. The van der Waals surface area contributed by atoms with Crippen LogP contribution < -0.4 is 21.8 Å². The number of nitrogens with zero attached hydrogens (tertiary/aromatic N) is 5. The molecule has 3 heterocycles. The first-order valence-corrected chi connectivity index (χ1v) is 10.3. The molecule has 0 aromatic carbocycles. The Morgan fingerprint density at radius 2 is 1.97 bits per heavy atom. The van der Waals surface area contributed by atoms with Crippen LogP contribution in [0.15, 0.2) is 16.0 Å². The number of imidazole rings is 1. The van der Waals surface area contributed by atoms with E-state index in [-0.39, 0.29) is 29.6 Å². The molecule has 0 amide bonds. The van der Waals surface area contributed by atoms with Crippen LogP contribution in [0.25, 0.3) is 11.7 Å². The maximum atomic E-state index is 11.4. The highest BCUT2D eigenvalue weighted by Crippen LogP contribution is 2.26. The second kappa shape index (κ2) is 7.52. The molecule has 2 fully saturated rings. The minimum Gasteiger partial charge on any atom is -0.493 e. The average Bonchev–Trinajstić information content (AvgIpc) is 3.37. The highest BCUT2D eigenvalue weighted by Gasteiger charge is 2.26. The number of hydrogen-bond donors (Lipinski definition) is 5. The van der Waals surface area contributed by atoms with Gasteiger partial charge in [-0.25, -0.2) is 9.79 Å². The molecular formula is C19H22N8O4. The Morgan fingerprint density at radius 1 is 1.19 bits per heavy atom. The summed E-state index contributed by atoms with van der Waals surface area (Å²) >= 11 is 0. The Morgan fingerprint density at radius 3 is 2.61 bits per heavy atom. The molecule has 2 aliphatic rings. The summed E-state index contributed by atoms with van der Waals surface area (Å²) < 4.78 is 1.54. The number of rotatable bonds is 5. The third-order valence-corrected chi connectivity index (χ3v) is 5.67. The van der Waals surface area contributed by atoms with Crippen molar-refractivity contribution in [2.24, 2.45) is 10.9 Å². The van der Waals surface area contributed by atoms with Gasteiger partial charge in [0.15, 0.2) is 5.65 Å². The minimum atomic E-state index is -0.743. The zero-order valence-corrected chi connectivity index (χ0v) is 16.6. The number of fused-ring (bicyclic) bond motifs is 1. The van der Waals surface area contributed by atoms with Gasteiger partial charge in [0, 0.05) is 11.3 Å². The number of aromatic amines is 2. The SMILES string of the molecule is O=C(O)C1CCC(Nc2nc(=NC3CC3)n3ncc(=Cc4[nH]c(=O)[nH]c4O)c3n2)CC1. The van der Waals surface area contributed by atoms with Crippen LogP contribution in [0.4, 0.5) is 5.95 Å². The molecule has 0 atom stereocenters. The van der Waals surface area contributed by atoms with Crippen LogP contribution in [-0.4, -0.2) is 57.8 Å². The monoisotopic (exact) mass is 426 g/mol. The zero-order valence-electron chi connectivity index (χ0n) is 16.6. The first kappa shape index (κ1) is 19.3. The van der Waals surface area contributed by atoms with Gasteiger partial charge in [0.2, 0.25) is 11.8 Å². The van der Waals surface area contributed by atoms with Crippen molar-refractivity contribution >= 4 is 23.6 Å². The number of aromatic nitrogens is 6. The number of hydrogen-bond acceptors (Lipinski definition) is 8. The molecule has 0 bridgehead atoms. The molecule has 0 saturated heterocycles. The maximum Gasteiger partial charge on any atom is 0.326 e. The molecule has 5 N–H and O–H groups in total. The van der Waals surface area contributed by atoms with Crippen molar-refractivity contribution in [3.05, 3.63) is 33.2 Å². The van der Waals surface area contributed by atoms with Gasteiger partial charge in [-0.2, -0.15) is 19.6 Å². The van der Waals surface area contributed by atoms with Crippen LogP contribution in [0.2, 0.25) is 0 Å². The van der Waals surface area contributed by atoms with E-state index in [1.54, 1.807) is 16.8 Å². The van der Waals surface area contributed by atoms with Gasteiger partial charge in [-0.1, -0.05) is 0 Å². The minimum absolute atomic E-state index is 0.0762. The average molecular weight is 426 g/mol. The summed E-state index contributed by atoms with van der Waals surface area (Å²) in [6, 6.07) is 0.297. The summed E-state index contributed by atoms with van der Waals surface area (Å²) in [6.07, 6.45) is 7.82. The fourth-order valence-corrected chi connectivity index (χ4v) is 3.81. The first-order chi connectivity index (χ1) is 15.0. The van der Waals surface area contributed by atoms with Gasteiger partial charge in [-0.15, -0.1) is 0 Å². The Bertz CT molecular complexity index is 1310. The van der Waals surface area contributed by atoms with Crippen molar-refractivity contribution in [2.75, 3.05) is 5.32 Å². The third-order valence-electron chi connectivity index (χ3n) is 5.67. The number of nitrogens with one attached hydrogen (secondary N) is 3. The van der Waals surface area contributed by atoms with Gasteiger partial charge in [0.25, 0.3) is 5.62 Å². The molecule has 3 aromatic rings. The Labute approximate surface area is 174 Å². The normalized spacial score (nSPS) is 22.8. The van der Waals surface area contributed by atoms with Crippen LogP contribution >= 0.6 is 0 Å². The lowest BCUT2D eigenvalue weighted by Gasteiger charge is -2.26.